The lowest BCUT2D eigenvalue weighted by molar-refractivity contribution is 0.472. The van der Waals surface area contributed by atoms with Gasteiger partial charge in [-0.3, -0.25) is 5.43 Å². The molecule has 0 bridgehead atoms. The van der Waals surface area contributed by atoms with E-state index in [0.29, 0.717) is 10.7 Å². The van der Waals surface area contributed by atoms with E-state index in [1.54, 1.807) is 6.07 Å². The number of halogens is 1. The summed E-state index contributed by atoms with van der Waals surface area (Å²) in [5.74, 6) is 0.204. The van der Waals surface area contributed by atoms with Gasteiger partial charge in [-0.2, -0.15) is 5.10 Å². The Hall–Kier alpha value is -1.79. The van der Waals surface area contributed by atoms with E-state index in [1.807, 2.05) is 13.0 Å². The summed E-state index contributed by atoms with van der Waals surface area (Å²) in [6.07, 6.45) is 1.50. The van der Waals surface area contributed by atoms with Gasteiger partial charge in [0.05, 0.1) is 6.21 Å². The Morgan fingerprint density at radius 2 is 2.33 bits per heavy atom. The number of hydrazone groups is 1. The van der Waals surface area contributed by atoms with E-state index in [9.17, 15) is 5.11 Å². The van der Waals surface area contributed by atoms with Crippen LogP contribution in [0.1, 0.15) is 11.1 Å². The van der Waals surface area contributed by atoms with Crippen molar-refractivity contribution in [1.29, 1.82) is 0 Å². The number of nitrogens with two attached hydrogens (primary N) is 1. The van der Waals surface area contributed by atoms with Gasteiger partial charge in [-0.15, -0.1) is 0 Å². The molecule has 0 aliphatic heterocycles. The first-order chi connectivity index (χ1) is 8.49. The molecule has 1 heterocycles. The van der Waals surface area contributed by atoms with Gasteiger partial charge < -0.3 is 15.8 Å². The quantitative estimate of drug-likeness (QED) is 0.385. The van der Waals surface area contributed by atoms with Gasteiger partial charge in [-0.1, -0.05) is 11.6 Å². The molecule has 5 N–H and O–H groups in total. The number of aromatic hydroxyl groups is 1. The van der Waals surface area contributed by atoms with E-state index < -0.39 is 0 Å². The van der Waals surface area contributed by atoms with E-state index in [1.165, 1.54) is 6.21 Å². The third kappa shape index (κ3) is 2.39. The zero-order valence-corrected chi connectivity index (χ0v) is 11.1. The van der Waals surface area contributed by atoms with Crippen LogP contribution in [0.4, 0.5) is 0 Å². The normalized spacial score (nSPS) is 11.2. The second-order valence-corrected chi connectivity index (χ2v) is 4.59. The van der Waals surface area contributed by atoms with Crippen molar-refractivity contribution in [2.45, 2.75) is 6.92 Å². The lowest BCUT2D eigenvalue weighted by Gasteiger charge is -1.99. The highest BCUT2D eigenvalue weighted by Gasteiger charge is 2.10. The Bertz CT molecular complexity index is 650. The molecule has 1 aromatic carbocycles. The van der Waals surface area contributed by atoms with Crippen LogP contribution in [0.25, 0.3) is 10.9 Å². The maximum Gasteiger partial charge on any atom is 0.184 e. The maximum absolute atomic E-state index is 9.71. The summed E-state index contributed by atoms with van der Waals surface area (Å²) >= 11 is 10.7. The van der Waals surface area contributed by atoms with Crippen molar-refractivity contribution in [3.8, 4) is 5.75 Å². The van der Waals surface area contributed by atoms with E-state index in [0.717, 1.165) is 16.5 Å². The molecule has 7 heteroatoms. The first kappa shape index (κ1) is 12.7. The predicted octanol–water partition coefficient (Wildman–Crippen LogP) is 2.00. The summed E-state index contributed by atoms with van der Waals surface area (Å²) < 4.78 is 0. The molecule has 0 radical (unpaired) electrons. The summed E-state index contributed by atoms with van der Waals surface area (Å²) in [5.41, 5.74) is 9.95. The van der Waals surface area contributed by atoms with Gasteiger partial charge in [0, 0.05) is 16.5 Å². The molecule has 2 rings (SSSR count). The average Bonchev–Trinajstić information content (AvgIpc) is 2.56. The molecular formula is C11H11ClN4OS. The zero-order chi connectivity index (χ0) is 13.3. The van der Waals surface area contributed by atoms with Crippen molar-refractivity contribution in [2.24, 2.45) is 10.8 Å². The van der Waals surface area contributed by atoms with E-state index in [2.05, 4.69) is 27.7 Å². The molecule has 2 aromatic rings. The van der Waals surface area contributed by atoms with Gasteiger partial charge >= 0.3 is 0 Å². The number of rotatable bonds is 2. The minimum Gasteiger partial charge on any atom is -0.508 e. The van der Waals surface area contributed by atoms with Gasteiger partial charge in [-0.25, -0.2) is 0 Å². The summed E-state index contributed by atoms with van der Waals surface area (Å²) in [6.45, 7) is 1.81. The van der Waals surface area contributed by atoms with Gasteiger partial charge in [-0.05, 0) is 36.8 Å². The molecular weight excluding hydrogens is 272 g/mol. The van der Waals surface area contributed by atoms with Crippen molar-refractivity contribution < 1.29 is 5.11 Å². The Balaban J connectivity index is 2.50. The van der Waals surface area contributed by atoms with Gasteiger partial charge in [0.15, 0.2) is 5.11 Å². The van der Waals surface area contributed by atoms with Crippen molar-refractivity contribution in [2.75, 3.05) is 0 Å². The highest BCUT2D eigenvalue weighted by Crippen LogP contribution is 2.30. The van der Waals surface area contributed by atoms with Gasteiger partial charge in [0.2, 0.25) is 0 Å². The Labute approximate surface area is 114 Å². The molecule has 94 valence electrons. The molecule has 1 aromatic heterocycles. The number of H-pyrrole nitrogens is 1. The Morgan fingerprint density at radius 3 is 3.00 bits per heavy atom. The third-order valence-corrected chi connectivity index (χ3v) is 2.86. The Morgan fingerprint density at radius 1 is 1.61 bits per heavy atom. The summed E-state index contributed by atoms with van der Waals surface area (Å²) in [7, 11) is 0. The molecule has 0 amide bonds. The van der Waals surface area contributed by atoms with Crippen LogP contribution in [0.3, 0.4) is 0 Å². The molecule has 18 heavy (non-hydrogen) atoms. The second kappa shape index (κ2) is 4.83. The number of aromatic amines is 1. The number of aryl methyl sites for hydroxylation is 1. The minimum absolute atomic E-state index is 0.0703. The van der Waals surface area contributed by atoms with E-state index in [4.69, 9.17) is 17.3 Å². The fourth-order valence-corrected chi connectivity index (χ4v) is 1.92. The highest BCUT2D eigenvalue weighted by molar-refractivity contribution is 7.80. The topological polar surface area (TPSA) is 86.4 Å². The number of thiocarbonyl (C=S) groups is 1. The molecule has 0 aliphatic rings. The number of phenols is 1. The summed E-state index contributed by atoms with van der Waals surface area (Å²) in [4.78, 5) is 3.00. The molecule has 0 spiro atoms. The van der Waals surface area contributed by atoms with Gasteiger partial charge in [0.1, 0.15) is 10.9 Å². The van der Waals surface area contributed by atoms with Crippen molar-refractivity contribution in [1.82, 2.24) is 10.4 Å². The van der Waals surface area contributed by atoms with E-state index >= 15 is 0 Å². The molecule has 0 aliphatic carbocycles. The van der Waals surface area contributed by atoms with Crippen LogP contribution in [0, 0.1) is 6.92 Å². The van der Waals surface area contributed by atoms with Crippen LogP contribution < -0.4 is 11.2 Å². The number of aromatic nitrogens is 1. The van der Waals surface area contributed by atoms with Gasteiger partial charge in [0.25, 0.3) is 0 Å². The van der Waals surface area contributed by atoms with Crippen LogP contribution in [0.2, 0.25) is 5.15 Å². The number of benzene rings is 1. The van der Waals surface area contributed by atoms with Crippen molar-refractivity contribution >= 4 is 46.0 Å². The molecule has 5 nitrogen and oxygen atoms in total. The van der Waals surface area contributed by atoms with Crippen LogP contribution >= 0.6 is 23.8 Å². The predicted molar refractivity (Wildman–Crippen MR) is 77.2 cm³/mol. The third-order valence-electron chi connectivity index (χ3n) is 2.48. The monoisotopic (exact) mass is 282 g/mol. The summed E-state index contributed by atoms with van der Waals surface area (Å²) in [5, 5.41) is 14.8. The molecule has 0 fully saturated rings. The SMILES string of the molecule is Cc1cc2[nH]c(Cl)c(C=NNC(N)=S)c2cc1O. The fourth-order valence-electron chi connectivity index (χ4n) is 1.61. The number of nitrogens with zero attached hydrogens (tertiary/aromatic N) is 1. The standard InChI is InChI=1S/C11H11ClN4OS/c1-5-2-8-6(3-9(5)17)7(10(12)15-8)4-14-16-11(13)18/h2-4,15,17H,1H3,(H3,13,16,18). The lowest BCUT2D eigenvalue weighted by Crippen LogP contribution is -2.23. The zero-order valence-electron chi connectivity index (χ0n) is 9.49. The van der Waals surface area contributed by atoms with Crippen LogP contribution in [0.15, 0.2) is 17.2 Å². The molecule has 0 saturated carbocycles. The molecule has 0 unspecified atom stereocenters. The number of hydrogen-bond donors (Lipinski definition) is 4. The number of fused-ring (bicyclic) bond motifs is 1. The molecule has 0 atom stereocenters. The molecule has 0 saturated heterocycles. The van der Waals surface area contributed by atoms with Crippen LogP contribution in [0.5, 0.6) is 5.75 Å². The first-order valence-corrected chi connectivity index (χ1v) is 5.87. The minimum atomic E-state index is 0.0703. The number of nitrogens with one attached hydrogen (secondary N) is 2. The maximum atomic E-state index is 9.71. The number of phenolic OH excluding ortho intramolecular Hbond substituents is 1. The fraction of sp³-hybridized carbons (Fsp3) is 0.0909. The second-order valence-electron chi connectivity index (χ2n) is 3.77. The first-order valence-electron chi connectivity index (χ1n) is 5.08. The van der Waals surface area contributed by atoms with Crippen molar-refractivity contribution in [3.63, 3.8) is 0 Å². The largest absolute Gasteiger partial charge is 0.508 e. The van der Waals surface area contributed by atoms with Crippen molar-refractivity contribution in [3.05, 3.63) is 28.4 Å². The average molecular weight is 283 g/mol. The summed E-state index contributed by atoms with van der Waals surface area (Å²) in [6, 6.07) is 3.45. The van der Waals surface area contributed by atoms with Crippen LogP contribution in [-0.2, 0) is 0 Å². The Kier molecular flexibility index (Phi) is 3.40. The highest BCUT2D eigenvalue weighted by atomic mass is 35.5. The smallest absolute Gasteiger partial charge is 0.184 e. The van der Waals surface area contributed by atoms with Crippen LogP contribution in [-0.4, -0.2) is 21.4 Å². The number of hydrogen-bond acceptors (Lipinski definition) is 3. The van der Waals surface area contributed by atoms with E-state index in [-0.39, 0.29) is 10.9 Å². The lowest BCUT2D eigenvalue weighted by atomic mass is 10.1.